The van der Waals surface area contributed by atoms with Gasteiger partial charge in [0, 0.05) is 18.7 Å². The van der Waals surface area contributed by atoms with E-state index in [0.29, 0.717) is 17.4 Å². The molecule has 0 atom stereocenters. The minimum absolute atomic E-state index is 0.00233. The Morgan fingerprint density at radius 2 is 1.74 bits per heavy atom. The Labute approximate surface area is 120 Å². The smallest absolute Gasteiger partial charge is 0.253 e. The maximum Gasteiger partial charge on any atom is 0.253 e. The number of nitrogens with zero attached hydrogens (tertiary/aromatic N) is 1. The van der Waals surface area contributed by atoms with Gasteiger partial charge in [-0.1, -0.05) is 39.3 Å². The molecular formula is C15H22ClNO2. The van der Waals surface area contributed by atoms with Crippen molar-refractivity contribution in [3.05, 3.63) is 28.8 Å². The summed E-state index contributed by atoms with van der Waals surface area (Å²) in [6.45, 7) is 9.79. The van der Waals surface area contributed by atoms with Crippen molar-refractivity contribution >= 4 is 17.5 Å². The molecule has 0 spiro atoms. The van der Waals surface area contributed by atoms with Crippen molar-refractivity contribution in [3.63, 3.8) is 0 Å². The van der Waals surface area contributed by atoms with Crippen LogP contribution in [-0.4, -0.2) is 29.0 Å². The zero-order valence-electron chi connectivity index (χ0n) is 12.0. The quantitative estimate of drug-likeness (QED) is 0.893. The first-order valence-corrected chi connectivity index (χ1v) is 6.96. The van der Waals surface area contributed by atoms with Crippen LogP contribution in [0.25, 0.3) is 0 Å². The Bertz CT molecular complexity index is 434. The number of hydrogen-bond donors (Lipinski definition) is 1. The molecule has 0 radical (unpaired) electrons. The highest BCUT2D eigenvalue weighted by molar-refractivity contribution is 6.32. The molecule has 4 heteroatoms. The first-order valence-electron chi connectivity index (χ1n) is 6.59. The zero-order valence-corrected chi connectivity index (χ0v) is 12.7. The van der Waals surface area contributed by atoms with Crippen LogP contribution >= 0.6 is 11.6 Å². The molecule has 1 aromatic carbocycles. The fraction of sp³-hybridized carbons (Fsp3) is 0.533. The molecule has 0 saturated heterocycles. The van der Waals surface area contributed by atoms with Gasteiger partial charge >= 0.3 is 0 Å². The molecule has 1 N–H and O–H groups in total. The maximum atomic E-state index is 12.5. The summed E-state index contributed by atoms with van der Waals surface area (Å²) >= 11 is 5.85. The Balaban J connectivity index is 2.94. The first kappa shape index (κ1) is 15.8. The number of halogens is 1. The molecule has 3 nitrogen and oxygen atoms in total. The largest absolute Gasteiger partial charge is 0.506 e. The summed E-state index contributed by atoms with van der Waals surface area (Å²) < 4.78 is 0. The number of carbonyl (C=O) groups is 1. The number of phenolic OH excluding ortho intramolecular Hbond substituents is 1. The molecule has 0 aromatic heterocycles. The van der Waals surface area contributed by atoms with E-state index in [4.69, 9.17) is 11.6 Å². The fourth-order valence-electron chi connectivity index (χ4n) is 1.94. The molecule has 0 saturated carbocycles. The van der Waals surface area contributed by atoms with Gasteiger partial charge in [-0.15, -0.1) is 0 Å². The topological polar surface area (TPSA) is 40.5 Å². The number of carbonyl (C=O) groups excluding carboxylic acids is 1. The van der Waals surface area contributed by atoms with Gasteiger partial charge in [0.15, 0.2) is 0 Å². The van der Waals surface area contributed by atoms with Crippen molar-refractivity contribution < 1.29 is 9.90 Å². The maximum absolute atomic E-state index is 12.5. The van der Waals surface area contributed by atoms with Crippen LogP contribution in [0.5, 0.6) is 5.75 Å². The van der Waals surface area contributed by atoms with Crippen LogP contribution in [0.2, 0.25) is 5.02 Å². The third-order valence-electron chi connectivity index (χ3n) is 2.65. The van der Waals surface area contributed by atoms with E-state index in [0.717, 1.165) is 13.1 Å². The molecule has 1 rings (SSSR count). The highest BCUT2D eigenvalue weighted by Gasteiger charge is 2.18. The summed E-state index contributed by atoms with van der Waals surface area (Å²) in [4.78, 5) is 14.3. The van der Waals surface area contributed by atoms with Gasteiger partial charge in [0.1, 0.15) is 5.75 Å². The van der Waals surface area contributed by atoms with Crippen molar-refractivity contribution in [2.75, 3.05) is 13.1 Å². The van der Waals surface area contributed by atoms with Gasteiger partial charge in [-0.3, -0.25) is 4.79 Å². The van der Waals surface area contributed by atoms with Gasteiger partial charge in [-0.2, -0.15) is 0 Å². The number of hydrogen-bond acceptors (Lipinski definition) is 2. The highest BCUT2D eigenvalue weighted by Crippen LogP contribution is 2.24. The van der Waals surface area contributed by atoms with E-state index >= 15 is 0 Å². The molecule has 106 valence electrons. The summed E-state index contributed by atoms with van der Waals surface area (Å²) in [6, 6.07) is 4.59. The molecule has 0 aliphatic rings. The van der Waals surface area contributed by atoms with Crippen LogP contribution in [-0.2, 0) is 0 Å². The standard InChI is InChI=1S/C15H22ClNO2/c1-10(2)8-17(9-11(3)4)15(19)12-5-6-14(18)13(16)7-12/h5-7,10-11,18H,8-9H2,1-4H3. The van der Waals surface area contributed by atoms with E-state index in [9.17, 15) is 9.90 Å². The first-order chi connectivity index (χ1) is 8.81. The van der Waals surface area contributed by atoms with Crippen LogP contribution in [0.1, 0.15) is 38.1 Å². The molecule has 0 aliphatic carbocycles. The van der Waals surface area contributed by atoms with Crippen LogP contribution in [0, 0.1) is 11.8 Å². The zero-order chi connectivity index (χ0) is 14.6. The number of rotatable bonds is 5. The molecule has 0 bridgehead atoms. The van der Waals surface area contributed by atoms with Gasteiger partial charge in [0.2, 0.25) is 0 Å². The summed E-state index contributed by atoms with van der Waals surface area (Å²) in [5.41, 5.74) is 0.518. The molecule has 0 heterocycles. The Morgan fingerprint density at radius 1 is 1.21 bits per heavy atom. The average molecular weight is 284 g/mol. The van der Waals surface area contributed by atoms with Crippen molar-refractivity contribution in [1.82, 2.24) is 4.90 Å². The lowest BCUT2D eigenvalue weighted by atomic mass is 10.1. The van der Waals surface area contributed by atoms with E-state index in [1.807, 2.05) is 4.90 Å². The van der Waals surface area contributed by atoms with Crippen molar-refractivity contribution in [3.8, 4) is 5.75 Å². The molecule has 1 amide bonds. The molecule has 0 unspecified atom stereocenters. The van der Waals surface area contributed by atoms with Gasteiger partial charge in [0.05, 0.1) is 5.02 Å². The summed E-state index contributed by atoms with van der Waals surface area (Å²) in [5, 5.41) is 9.61. The van der Waals surface area contributed by atoms with Crippen molar-refractivity contribution in [2.45, 2.75) is 27.7 Å². The average Bonchev–Trinajstić information content (AvgIpc) is 2.29. The van der Waals surface area contributed by atoms with Crippen molar-refractivity contribution in [1.29, 1.82) is 0 Å². The Hall–Kier alpha value is -1.22. The van der Waals surface area contributed by atoms with E-state index in [2.05, 4.69) is 27.7 Å². The lowest BCUT2D eigenvalue weighted by Crippen LogP contribution is -2.37. The van der Waals surface area contributed by atoms with E-state index in [-0.39, 0.29) is 16.7 Å². The molecule has 1 aromatic rings. The lowest BCUT2D eigenvalue weighted by Gasteiger charge is -2.26. The van der Waals surface area contributed by atoms with Crippen LogP contribution in [0.4, 0.5) is 0 Å². The second-order valence-electron chi connectivity index (χ2n) is 5.66. The SMILES string of the molecule is CC(C)CN(CC(C)C)C(=O)c1ccc(O)c(Cl)c1. The van der Waals surface area contributed by atoms with E-state index < -0.39 is 0 Å². The number of benzene rings is 1. The van der Waals surface area contributed by atoms with E-state index in [1.165, 1.54) is 12.1 Å². The van der Waals surface area contributed by atoms with Gasteiger partial charge < -0.3 is 10.0 Å². The fourth-order valence-corrected chi connectivity index (χ4v) is 2.12. The van der Waals surface area contributed by atoms with Gasteiger partial charge in [-0.25, -0.2) is 0 Å². The predicted octanol–water partition coefficient (Wildman–Crippen LogP) is 3.80. The number of amides is 1. The summed E-state index contributed by atoms with van der Waals surface area (Å²) in [6.07, 6.45) is 0. The second kappa shape index (κ2) is 6.80. The van der Waals surface area contributed by atoms with Gasteiger partial charge in [0.25, 0.3) is 5.91 Å². The lowest BCUT2D eigenvalue weighted by molar-refractivity contribution is 0.0715. The Kier molecular flexibility index (Phi) is 5.67. The number of phenols is 1. The summed E-state index contributed by atoms with van der Waals surface area (Å²) in [5.74, 6) is 0.785. The predicted molar refractivity (Wildman–Crippen MR) is 78.7 cm³/mol. The van der Waals surface area contributed by atoms with Crippen molar-refractivity contribution in [2.24, 2.45) is 11.8 Å². The third kappa shape index (κ3) is 4.75. The normalized spacial score (nSPS) is 11.1. The minimum Gasteiger partial charge on any atom is -0.506 e. The molecular weight excluding hydrogens is 262 g/mol. The molecule has 0 aliphatic heterocycles. The van der Waals surface area contributed by atoms with E-state index in [1.54, 1.807) is 6.07 Å². The molecule has 19 heavy (non-hydrogen) atoms. The van der Waals surface area contributed by atoms with Crippen LogP contribution < -0.4 is 0 Å². The third-order valence-corrected chi connectivity index (χ3v) is 2.96. The monoisotopic (exact) mass is 283 g/mol. The van der Waals surface area contributed by atoms with Gasteiger partial charge in [-0.05, 0) is 30.0 Å². The second-order valence-corrected chi connectivity index (χ2v) is 6.07. The summed E-state index contributed by atoms with van der Waals surface area (Å²) in [7, 11) is 0. The highest BCUT2D eigenvalue weighted by atomic mass is 35.5. The number of aromatic hydroxyl groups is 1. The molecule has 0 fully saturated rings. The Morgan fingerprint density at radius 3 is 2.16 bits per heavy atom. The van der Waals surface area contributed by atoms with Crippen LogP contribution in [0.15, 0.2) is 18.2 Å². The van der Waals surface area contributed by atoms with Crippen LogP contribution in [0.3, 0.4) is 0 Å². The minimum atomic E-state index is -0.0377.